The van der Waals surface area contributed by atoms with Crippen molar-refractivity contribution < 1.29 is 32.9 Å². The summed E-state index contributed by atoms with van der Waals surface area (Å²) in [6.45, 7) is 16.9. The smallest absolute Gasteiger partial charge is 0.410 e. The first-order valence-corrected chi connectivity index (χ1v) is 26.1. The van der Waals surface area contributed by atoms with Gasteiger partial charge in [0.2, 0.25) is 0 Å². The minimum absolute atomic E-state index is 0.0801. The number of halogens is 1. The molecule has 14 nitrogen and oxygen atoms in total. The molecule has 63 heavy (non-hydrogen) atoms. The van der Waals surface area contributed by atoms with E-state index in [1.165, 1.54) is 35.5 Å². The van der Waals surface area contributed by atoms with E-state index in [1.54, 1.807) is 45.2 Å². The highest BCUT2D eigenvalue weighted by molar-refractivity contribution is 7.16. The van der Waals surface area contributed by atoms with Crippen LogP contribution in [0, 0.1) is 24.6 Å². The van der Waals surface area contributed by atoms with Crippen LogP contribution in [-0.2, 0) is 27.4 Å². The maximum absolute atomic E-state index is 15.0. The number of nitrogens with zero attached hydrogens (tertiary/aromatic N) is 8. The number of methoxy groups -OCH3 is 1. The van der Waals surface area contributed by atoms with Gasteiger partial charge in [-0.1, -0.05) is 55.0 Å². The highest BCUT2D eigenvalue weighted by Crippen LogP contribution is 2.33. The van der Waals surface area contributed by atoms with Gasteiger partial charge in [0, 0.05) is 45.3 Å². The minimum Gasteiger partial charge on any atom is -0.491 e. The molecule has 0 saturated carbocycles. The van der Waals surface area contributed by atoms with Crippen molar-refractivity contribution in [3.05, 3.63) is 80.8 Å². The number of ether oxygens (including phenoxy) is 4. The summed E-state index contributed by atoms with van der Waals surface area (Å²) in [6, 6.07) is 15.7. The highest BCUT2D eigenvalue weighted by atomic mass is 32.1. The zero-order chi connectivity index (χ0) is 45.9. The summed E-state index contributed by atoms with van der Waals surface area (Å²) >= 11 is 2.94. The Morgan fingerprint density at radius 3 is 2.44 bits per heavy atom. The Balaban J connectivity index is 1.31. The number of amides is 1. The second-order valence-corrected chi connectivity index (χ2v) is 25.1. The van der Waals surface area contributed by atoms with E-state index in [2.05, 4.69) is 63.3 Å². The molecular weight excluding hydrogens is 860 g/mol. The number of anilines is 2. The van der Waals surface area contributed by atoms with Gasteiger partial charge in [-0.15, -0.1) is 21.5 Å². The molecule has 338 valence electrons. The van der Waals surface area contributed by atoms with Crippen LogP contribution < -0.4 is 14.4 Å². The predicted octanol–water partition coefficient (Wildman–Crippen LogP) is 8.66. The van der Waals surface area contributed by atoms with Crippen molar-refractivity contribution in [1.29, 1.82) is 0 Å². The average molecular weight is 919 g/mol. The number of rotatable bonds is 18. The summed E-state index contributed by atoms with van der Waals surface area (Å²) in [5.41, 5.74) is 1.90. The number of benzene rings is 2. The lowest BCUT2D eigenvalue weighted by atomic mass is 10.2. The summed E-state index contributed by atoms with van der Waals surface area (Å²) in [4.78, 5) is 41.8. The SMILES string of the molecule is COC(=O)c1nc(N(CCN(C)C)c2cc(C)c(N=c3sc4ccccc4n3COCC[Si](C)(C)C)nn2)sc1CCCOc1ccc(C#CCN(C)C(=O)OC(C)(C)C)cc1F. The zero-order valence-electron chi connectivity index (χ0n) is 38.2. The number of esters is 1. The molecule has 0 saturated heterocycles. The van der Waals surface area contributed by atoms with Crippen LogP contribution in [0.5, 0.6) is 5.75 Å². The van der Waals surface area contributed by atoms with Gasteiger partial charge in [0.25, 0.3) is 0 Å². The number of thiazole rings is 2. The van der Waals surface area contributed by atoms with Gasteiger partial charge in [-0.25, -0.2) is 19.0 Å². The fourth-order valence-corrected chi connectivity index (χ4v) is 8.73. The largest absolute Gasteiger partial charge is 0.491 e. The molecule has 0 fully saturated rings. The monoisotopic (exact) mass is 918 g/mol. The molecule has 0 spiro atoms. The molecular formula is C45H59FN8O6S2Si. The van der Waals surface area contributed by atoms with Gasteiger partial charge >= 0.3 is 12.1 Å². The summed E-state index contributed by atoms with van der Waals surface area (Å²) < 4.78 is 40.6. The summed E-state index contributed by atoms with van der Waals surface area (Å²) in [5, 5.41) is 9.81. The quantitative estimate of drug-likeness (QED) is 0.0362. The molecule has 0 aliphatic heterocycles. The number of hydrogen-bond acceptors (Lipinski definition) is 14. The number of likely N-dealkylation sites (N-methyl/N-ethyl adjacent to an activating group) is 1. The summed E-state index contributed by atoms with van der Waals surface area (Å²) in [7, 11) is 5.63. The molecule has 3 heterocycles. The van der Waals surface area contributed by atoms with Gasteiger partial charge in [0.1, 0.15) is 12.3 Å². The predicted molar refractivity (Wildman–Crippen MR) is 251 cm³/mol. The van der Waals surface area contributed by atoms with E-state index in [0.717, 1.165) is 26.6 Å². The Kier molecular flexibility index (Phi) is 17.0. The van der Waals surface area contributed by atoms with Crippen LogP contribution in [-0.4, -0.2) is 116 Å². The molecule has 3 aromatic heterocycles. The Morgan fingerprint density at radius 1 is 1.00 bits per heavy atom. The van der Waals surface area contributed by atoms with Crippen molar-refractivity contribution in [2.45, 2.75) is 78.6 Å². The lowest BCUT2D eigenvalue weighted by Gasteiger charge is -2.23. The molecule has 0 bridgehead atoms. The highest BCUT2D eigenvalue weighted by Gasteiger charge is 2.25. The first-order valence-electron chi connectivity index (χ1n) is 20.7. The fraction of sp³-hybridized carbons (Fsp3) is 0.467. The van der Waals surface area contributed by atoms with Gasteiger partial charge in [0.15, 0.2) is 38.8 Å². The molecule has 5 rings (SSSR count). The second-order valence-electron chi connectivity index (χ2n) is 17.4. The topological polar surface area (TPSA) is 137 Å². The van der Waals surface area contributed by atoms with E-state index in [1.807, 2.05) is 44.1 Å². The van der Waals surface area contributed by atoms with Crippen molar-refractivity contribution in [1.82, 2.24) is 29.5 Å². The zero-order valence-corrected chi connectivity index (χ0v) is 40.8. The van der Waals surface area contributed by atoms with E-state index in [9.17, 15) is 9.59 Å². The van der Waals surface area contributed by atoms with Gasteiger partial charge in [0.05, 0.1) is 30.5 Å². The van der Waals surface area contributed by atoms with Crippen LogP contribution >= 0.6 is 22.7 Å². The van der Waals surface area contributed by atoms with E-state index < -0.39 is 31.6 Å². The summed E-state index contributed by atoms with van der Waals surface area (Å²) in [6.07, 6.45) is 0.409. The van der Waals surface area contributed by atoms with Crippen LogP contribution in [0.3, 0.4) is 0 Å². The molecule has 0 radical (unpaired) electrons. The van der Waals surface area contributed by atoms with Crippen molar-refractivity contribution in [3.63, 3.8) is 0 Å². The average Bonchev–Trinajstić information content (AvgIpc) is 3.79. The van der Waals surface area contributed by atoms with Crippen LogP contribution in [0.1, 0.15) is 53.7 Å². The Bertz CT molecular complexity index is 2500. The number of para-hydroxylation sites is 1. The number of hydrogen-bond donors (Lipinski definition) is 0. The Hall–Kier alpha value is -5.19. The first kappa shape index (κ1) is 48.8. The molecule has 0 atom stereocenters. The van der Waals surface area contributed by atoms with Gasteiger partial charge in [-0.05, 0) is 103 Å². The number of aryl methyl sites for hydroxylation is 2. The fourth-order valence-electron chi connectivity index (χ4n) is 5.83. The van der Waals surface area contributed by atoms with Crippen molar-refractivity contribution in [2.24, 2.45) is 4.99 Å². The Morgan fingerprint density at radius 2 is 1.76 bits per heavy atom. The van der Waals surface area contributed by atoms with Crippen molar-refractivity contribution in [2.75, 3.05) is 66.0 Å². The maximum atomic E-state index is 15.0. The molecule has 1 amide bonds. The van der Waals surface area contributed by atoms with Gasteiger partial charge in [-0.2, -0.15) is 4.99 Å². The standard InChI is InChI=1S/C45H59FN8O6S2Si/c1-31-28-38(49-50-40(31)48-43-54(30-58-26-27-63(9,10)11)34-17-12-13-18-36(34)61-43)53(24-23-51(5)6)42-47-39(41(55)57-8)37(62-42)19-15-25-59-35-21-20-32(29-33(35)46)16-14-22-52(7)44(56)60-45(2,3)4/h12-13,17-18,20-21,28-29H,15,19,22-27,30H2,1-11H3. The maximum Gasteiger partial charge on any atom is 0.410 e. The number of carbonyl (C=O) groups is 2. The van der Waals surface area contributed by atoms with E-state index in [-0.39, 0.29) is 24.6 Å². The molecule has 18 heteroatoms. The molecule has 2 aromatic carbocycles. The lowest BCUT2D eigenvalue weighted by Crippen LogP contribution is -2.34. The van der Waals surface area contributed by atoms with Crippen LogP contribution in [0.25, 0.3) is 10.2 Å². The van der Waals surface area contributed by atoms with E-state index in [0.29, 0.717) is 66.5 Å². The number of carbonyl (C=O) groups excluding carboxylic acids is 2. The molecule has 5 aromatic rings. The molecule has 0 aliphatic rings. The third-order valence-electron chi connectivity index (χ3n) is 9.29. The van der Waals surface area contributed by atoms with Crippen molar-refractivity contribution >= 4 is 69.8 Å². The second kappa shape index (κ2) is 21.9. The van der Waals surface area contributed by atoms with Crippen LogP contribution in [0.4, 0.5) is 26.0 Å². The molecule has 0 N–H and O–H groups in total. The lowest BCUT2D eigenvalue weighted by molar-refractivity contribution is 0.0320. The third-order valence-corrected chi connectivity index (χ3v) is 13.2. The minimum atomic E-state index is -1.25. The van der Waals surface area contributed by atoms with Crippen LogP contribution in [0.15, 0.2) is 53.5 Å². The number of fused-ring (bicyclic) bond motifs is 1. The van der Waals surface area contributed by atoms with Gasteiger partial charge < -0.3 is 28.7 Å². The molecule has 0 aliphatic carbocycles. The van der Waals surface area contributed by atoms with Gasteiger partial charge in [-0.3, -0.25) is 9.47 Å². The molecule has 0 unspecified atom stereocenters. The van der Waals surface area contributed by atoms with E-state index in [4.69, 9.17) is 28.9 Å². The van der Waals surface area contributed by atoms with E-state index >= 15 is 4.39 Å². The van der Waals surface area contributed by atoms with Crippen LogP contribution in [0.2, 0.25) is 25.7 Å². The summed E-state index contributed by atoms with van der Waals surface area (Å²) in [5.74, 6) is 5.76. The normalized spacial score (nSPS) is 12.0. The number of aromatic nitrogens is 4. The van der Waals surface area contributed by atoms with Crippen molar-refractivity contribution in [3.8, 4) is 17.6 Å². The first-order chi connectivity index (χ1) is 29.8. The Labute approximate surface area is 378 Å². The third kappa shape index (κ3) is 14.4.